The molecule has 37 heavy (non-hydrogen) atoms. The molecule has 4 heterocycles. The number of morpholine rings is 1. The van der Waals surface area contributed by atoms with Crippen molar-refractivity contribution in [3.8, 4) is 11.1 Å². The zero-order chi connectivity index (χ0) is 26.6. The molecule has 1 atom stereocenters. The number of carboxylic acids is 1. The summed E-state index contributed by atoms with van der Waals surface area (Å²) >= 11 is 0. The Hall–Kier alpha value is -4.39. The lowest BCUT2D eigenvalue weighted by molar-refractivity contribution is -0.192. The third-order valence-electron chi connectivity index (χ3n) is 5.45. The molecule has 0 bridgehead atoms. The van der Waals surface area contributed by atoms with Crippen LogP contribution in [0.1, 0.15) is 22.2 Å². The van der Waals surface area contributed by atoms with E-state index in [1.807, 2.05) is 30.5 Å². The molecule has 1 unspecified atom stereocenters. The largest absolute Gasteiger partial charge is 0.490 e. The van der Waals surface area contributed by atoms with Gasteiger partial charge >= 0.3 is 12.1 Å². The van der Waals surface area contributed by atoms with Crippen molar-refractivity contribution < 1.29 is 37.0 Å². The number of carbonyl (C=O) groups is 2. The van der Waals surface area contributed by atoms with E-state index in [1.54, 1.807) is 21.8 Å². The highest BCUT2D eigenvalue weighted by Crippen LogP contribution is 2.27. The van der Waals surface area contributed by atoms with Gasteiger partial charge in [-0.3, -0.25) is 9.78 Å². The fourth-order valence-corrected chi connectivity index (χ4v) is 3.63. The van der Waals surface area contributed by atoms with Gasteiger partial charge in [0.15, 0.2) is 0 Å². The second-order valence-corrected chi connectivity index (χ2v) is 7.88. The van der Waals surface area contributed by atoms with Crippen molar-refractivity contribution in [1.82, 2.24) is 24.7 Å². The first kappa shape index (κ1) is 25.7. The summed E-state index contributed by atoms with van der Waals surface area (Å²) in [4.78, 5) is 27.4. The minimum Gasteiger partial charge on any atom is -0.475 e. The molecule has 5 rings (SSSR count). The average molecular weight is 517 g/mol. The number of amides is 1. The van der Waals surface area contributed by atoms with E-state index in [0.29, 0.717) is 31.0 Å². The lowest BCUT2D eigenvalue weighted by atomic mass is 10.1. The molecule has 0 spiro atoms. The number of fused-ring (bicyclic) bond motifs is 1. The number of halogens is 4. The number of hydrogen-bond acceptors (Lipinski definition) is 6. The lowest BCUT2D eigenvalue weighted by Crippen LogP contribution is -2.42. The van der Waals surface area contributed by atoms with Crippen LogP contribution in [0.5, 0.6) is 0 Å². The van der Waals surface area contributed by atoms with Gasteiger partial charge in [0.1, 0.15) is 17.6 Å². The third kappa shape index (κ3) is 6.06. The minimum atomic E-state index is -5.08. The van der Waals surface area contributed by atoms with Crippen molar-refractivity contribution in [2.75, 3.05) is 19.7 Å². The second kappa shape index (κ2) is 10.7. The molecule has 1 N–H and O–H groups in total. The number of nitrogens with zero attached hydrogens (tertiary/aromatic N) is 5. The molecule has 0 radical (unpaired) electrons. The molecule has 192 valence electrons. The van der Waals surface area contributed by atoms with E-state index in [1.165, 1.54) is 24.3 Å². The molecule has 1 amide bonds. The summed E-state index contributed by atoms with van der Waals surface area (Å²) in [6.07, 6.45) is -0.0673. The van der Waals surface area contributed by atoms with Crippen molar-refractivity contribution in [3.63, 3.8) is 0 Å². The number of rotatable bonds is 3. The standard InChI is InChI=1S/C22H18FN5O2.C2HF3O2/c23-18-4-1-16(2-5-18)22(29)27-11-12-30-20(14-27)21-19-6-3-17(13-28(19)26-25-21)15-7-9-24-10-8-15;3-2(4,5)1(6)7/h1-10,13,20H,11-12,14H2;(H,6,7). The number of aliphatic carboxylic acids is 1. The molecular formula is C24H19F4N5O4. The summed E-state index contributed by atoms with van der Waals surface area (Å²) in [6, 6.07) is 13.4. The lowest BCUT2D eigenvalue weighted by Gasteiger charge is -2.32. The van der Waals surface area contributed by atoms with Crippen LogP contribution >= 0.6 is 0 Å². The van der Waals surface area contributed by atoms with Gasteiger partial charge in [0.25, 0.3) is 5.91 Å². The number of benzene rings is 1. The SMILES string of the molecule is O=C(O)C(F)(F)F.O=C(c1ccc(F)cc1)N1CCOC(c2nnn3cc(-c4ccncc4)ccc23)C1. The number of carbonyl (C=O) groups excluding carboxylic acids is 1. The molecule has 0 saturated carbocycles. The van der Waals surface area contributed by atoms with E-state index in [0.717, 1.165) is 16.6 Å². The number of pyridine rings is 2. The van der Waals surface area contributed by atoms with E-state index < -0.39 is 12.1 Å². The Labute approximate surface area is 206 Å². The van der Waals surface area contributed by atoms with Crippen LogP contribution in [0.2, 0.25) is 0 Å². The number of hydrogen-bond donors (Lipinski definition) is 1. The Balaban J connectivity index is 0.000000405. The molecule has 3 aromatic heterocycles. The van der Waals surface area contributed by atoms with Crippen LogP contribution in [-0.2, 0) is 9.53 Å². The highest BCUT2D eigenvalue weighted by atomic mass is 19.4. The maximum Gasteiger partial charge on any atom is 0.490 e. The Bertz CT molecular complexity index is 1390. The maximum absolute atomic E-state index is 13.2. The van der Waals surface area contributed by atoms with E-state index in [-0.39, 0.29) is 17.8 Å². The van der Waals surface area contributed by atoms with Gasteiger partial charge in [-0.2, -0.15) is 13.2 Å². The highest BCUT2D eigenvalue weighted by molar-refractivity contribution is 5.94. The first-order valence-electron chi connectivity index (χ1n) is 10.9. The predicted molar refractivity (Wildman–Crippen MR) is 121 cm³/mol. The highest BCUT2D eigenvalue weighted by Gasteiger charge is 2.38. The van der Waals surface area contributed by atoms with Gasteiger partial charge in [-0.25, -0.2) is 13.7 Å². The third-order valence-corrected chi connectivity index (χ3v) is 5.45. The smallest absolute Gasteiger partial charge is 0.475 e. The molecule has 9 nitrogen and oxygen atoms in total. The Morgan fingerprint density at radius 2 is 1.68 bits per heavy atom. The van der Waals surface area contributed by atoms with Gasteiger partial charge in [-0.1, -0.05) is 11.3 Å². The van der Waals surface area contributed by atoms with E-state index in [9.17, 15) is 22.4 Å². The van der Waals surface area contributed by atoms with Crippen molar-refractivity contribution in [2.45, 2.75) is 12.3 Å². The Morgan fingerprint density at radius 3 is 2.32 bits per heavy atom. The van der Waals surface area contributed by atoms with Gasteiger partial charge in [0, 0.05) is 36.3 Å². The first-order valence-corrected chi connectivity index (χ1v) is 10.9. The van der Waals surface area contributed by atoms with Gasteiger partial charge in [0.2, 0.25) is 0 Å². The fraction of sp³-hybridized carbons (Fsp3) is 0.208. The number of alkyl halides is 3. The number of aromatic nitrogens is 4. The molecular weight excluding hydrogens is 498 g/mol. The zero-order valence-corrected chi connectivity index (χ0v) is 19.0. The fourth-order valence-electron chi connectivity index (χ4n) is 3.63. The van der Waals surface area contributed by atoms with Crippen LogP contribution in [0.4, 0.5) is 17.6 Å². The van der Waals surface area contributed by atoms with Crippen molar-refractivity contribution in [1.29, 1.82) is 0 Å². The van der Waals surface area contributed by atoms with Crippen LogP contribution < -0.4 is 0 Å². The van der Waals surface area contributed by atoms with E-state index in [4.69, 9.17) is 14.6 Å². The van der Waals surface area contributed by atoms with E-state index >= 15 is 0 Å². The predicted octanol–water partition coefficient (Wildman–Crippen LogP) is 3.78. The zero-order valence-electron chi connectivity index (χ0n) is 19.0. The molecule has 1 aliphatic heterocycles. The number of ether oxygens (including phenoxy) is 1. The average Bonchev–Trinajstić information content (AvgIpc) is 3.32. The molecule has 1 saturated heterocycles. The van der Waals surface area contributed by atoms with Crippen LogP contribution in [0.3, 0.4) is 0 Å². The summed E-state index contributed by atoms with van der Waals surface area (Å²) < 4.78 is 52.5. The van der Waals surface area contributed by atoms with E-state index in [2.05, 4.69) is 15.3 Å². The summed E-state index contributed by atoms with van der Waals surface area (Å²) in [5.41, 5.74) is 4.00. The summed E-state index contributed by atoms with van der Waals surface area (Å²) in [6.45, 7) is 1.22. The van der Waals surface area contributed by atoms with Crippen molar-refractivity contribution in [3.05, 3.63) is 84.2 Å². The topological polar surface area (TPSA) is 110 Å². The van der Waals surface area contributed by atoms with Crippen molar-refractivity contribution in [2.24, 2.45) is 0 Å². The Kier molecular flexibility index (Phi) is 7.43. The quantitative estimate of drug-likeness (QED) is 0.412. The van der Waals surface area contributed by atoms with Crippen LogP contribution in [0.15, 0.2) is 67.1 Å². The summed E-state index contributed by atoms with van der Waals surface area (Å²) in [5.74, 6) is -3.28. The first-order chi connectivity index (χ1) is 17.6. The van der Waals surface area contributed by atoms with Gasteiger partial charge in [-0.15, -0.1) is 5.10 Å². The molecule has 0 aliphatic carbocycles. The Morgan fingerprint density at radius 1 is 1.00 bits per heavy atom. The normalized spacial score (nSPS) is 15.7. The van der Waals surface area contributed by atoms with Gasteiger partial charge in [-0.05, 0) is 48.0 Å². The minimum absolute atomic E-state index is 0.153. The van der Waals surface area contributed by atoms with Gasteiger partial charge < -0.3 is 14.7 Å². The molecule has 1 aromatic carbocycles. The van der Waals surface area contributed by atoms with Gasteiger partial charge in [0.05, 0.1) is 18.7 Å². The van der Waals surface area contributed by atoms with Crippen LogP contribution in [0.25, 0.3) is 16.6 Å². The number of carboxylic acid groups (broad SMARTS) is 1. The van der Waals surface area contributed by atoms with Crippen LogP contribution in [0, 0.1) is 5.82 Å². The molecule has 4 aromatic rings. The second-order valence-electron chi connectivity index (χ2n) is 7.88. The maximum atomic E-state index is 13.2. The van der Waals surface area contributed by atoms with Crippen LogP contribution in [-0.4, -0.2) is 67.6 Å². The summed E-state index contributed by atoms with van der Waals surface area (Å²) in [7, 11) is 0. The summed E-state index contributed by atoms with van der Waals surface area (Å²) in [5, 5.41) is 15.7. The molecule has 1 fully saturated rings. The molecule has 13 heteroatoms. The monoisotopic (exact) mass is 517 g/mol. The molecule has 1 aliphatic rings. The van der Waals surface area contributed by atoms with Crippen molar-refractivity contribution >= 4 is 17.4 Å².